The molecule has 1 amide bonds. The summed E-state index contributed by atoms with van der Waals surface area (Å²) < 4.78 is 9.80. The Hall–Kier alpha value is -1.30. The molecule has 0 aliphatic carbocycles. The van der Waals surface area contributed by atoms with Crippen molar-refractivity contribution in [1.29, 1.82) is 0 Å². The van der Waals surface area contributed by atoms with E-state index >= 15 is 0 Å². The standard InChI is InChI=1S/C10H19NO5/c1-6(15-5)7(8(12)13)11-9(14)16-10(2,3)4/h6-7H,1-5H3,(H,11,14)(H,12,13)/t6-,7-/m0/s1. The molecule has 0 fully saturated rings. The normalized spacial score (nSPS) is 15.1. The molecule has 0 saturated heterocycles. The maximum Gasteiger partial charge on any atom is 0.408 e. The number of nitrogens with one attached hydrogen (secondary N) is 1. The third-order valence-electron chi connectivity index (χ3n) is 1.78. The molecule has 0 aromatic heterocycles. The van der Waals surface area contributed by atoms with Gasteiger partial charge in [-0.2, -0.15) is 0 Å². The zero-order valence-corrected chi connectivity index (χ0v) is 10.2. The van der Waals surface area contributed by atoms with Gasteiger partial charge in [-0.3, -0.25) is 0 Å². The minimum absolute atomic E-state index is 0.634. The van der Waals surface area contributed by atoms with E-state index in [0.717, 1.165) is 0 Å². The molecule has 0 aromatic rings. The fourth-order valence-electron chi connectivity index (χ4n) is 0.950. The van der Waals surface area contributed by atoms with Gasteiger partial charge in [0.05, 0.1) is 6.10 Å². The summed E-state index contributed by atoms with van der Waals surface area (Å²) in [6.45, 7) is 6.64. The summed E-state index contributed by atoms with van der Waals surface area (Å²) in [6.07, 6.45) is -1.41. The quantitative estimate of drug-likeness (QED) is 0.756. The van der Waals surface area contributed by atoms with Crippen LogP contribution in [0, 0.1) is 0 Å². The van der Waals surface area contributed by atoms with Crippen LogP contribution in [-0.2, 0) is 14.3 Å². The van der Waals surface area contributed by atoms with E-state index in [9.17, 15) is 9.59 Å². The molecule has 0 radical (unpaired) electrons. The molecule has 0 unspecified atom stereocenters. The second kappa shape index (κ2) is 5.69. The number of ether oxygens (including phenoxy) is 2. The summed E-state index contributed by atoms with van der Waals surface area (Å²) in [5, 5.41) is 11.1. The number of carbonyl (C=O) groups excluding carboxylic acids is 1. The minimum atomic E-state index is -1.17. The lowest BCUT2D eigenvalue weighted by Crippen LogP contribution is -2.49. The fourth-order valence-corrected chi connectivity index (χ4v) is 0.950. The van der Waals surface area contributed by atoms with E-state index in [4.69, 9.17) is 14.6 Å². The molecule has 0 rings (SSSR count). The summed E-state index contributed by atoms with van der Waals surface area (Å²) in [5.74, 6) is -1.17. The molecule has 0 heterocycles. The highest BCUT2D eigenvalue weighted by molar-refractivity contribution is 5.80. The number of methoxy groups -OCH3 is 1. The molecule has 16 heavy (non-hydrogen) atoms. The Bertz CT molecular complexity index is 258. The highest BCUT2D eigenvalue weighted by Crippen LogP contribution is 2.07. The molecule has 0 saturated carbocycles. The van der Waals surface area contributed by atoms with E-state index in [1.807, 2.05) is 0 Å². The third-order valence-corrected chi connectivity index (χ3v) is 1.78. The van der Waals surface area contributed by atoms with Gasteiger partial charge in [-0.1, -0.05) is 0 Å². The first kappa shape index (κ1) is 14.7. The van der Waals surface area contributed by atoms with E-state index < -0.39 is 29.8 Å². The highest BCUT2D eigenvalue weighted by atomic mass is 16.6. The summed E-state index contributed by atoms with van der Waals surface area (Å²) in [6, 6.07) is -1.13. The number of carbonyl (C=O) groups is 2. The minimum Gasteiger partial charge on any atom is -0.480 e. The number of alkyl carbamates (subject to hydrolysis) is 1. The number of rotatable bonds is 4. The Labute approximate surface area is 94.9 Å². The second-order valence-electron chi connectivity index (χ2n) is 4.40. The van der Waals surface area contributed by atoms with Gasteiger partial charge >= 0.3 is 12.1 Å². The molecule has 6 heteroatoms. The maximum atomic E-state index is 11.3. The molecule has 0 aliphatic rings. The molecule has 6 nitrogen and oxygen atoms in total. The van der Waals surface area contributed by atoms with Gasteiger partial charge < -0.3 is 19.9 Å². The average molecular weight is 233 g/mol. The SMILES string of the molecule is CO[C@@H](C)[C@H](NC(=O)OC(C)(C)C)C(=O)O. The first-order valence-electron chi connectivity index (χ1n) is 4.92. The smallest absolute Gasteiger partial charge is 0.408 e. The van der Waals surface area contributed by atoms with Crippen molar-refractivity contribution >= 4 is 12.1 Å². The van der Waals surface area contributed by atoms with Gasteiger partial charge in [-0.05, 0) is 27.7 Å². The molecule has 0 aliphatic heterocycles. The van der Waals surface area contributed by atoms with Gasteiger partial charge in [0.1, 0.15) is 5.60 Å². The lowest BCUT2D eigenvalue weighted by Gasteiger charge is -2.24. The third kappa shape index (κ3) is 5.55. The zero-order valence-electron chi connectivity index (χ0n) is 10.2. The van der Waals surface area contributed by atoms with Crippen molar-refractivity contribution in [2.75, 3.05) is 7.11 Å². The topological polar surface area (TPSA) is 84.9 Å². The lowest BCUT2D eigenvalue weighted by atomic mass is 10.2. The van der Waals surface area contributed by atoms with Crippen molar-refractivity contribution in [3.63, 3.8) is 0 Å². The Balaban J connectivity index is 4.42. The molecular formula is C10H19NO5. The van der Waals surface area contributed by atoms with Crippen LogP contribution >= 0.6 is 0 Å². The van der Waals surface area contributed by atoms with Crippen LogP contribution in [0.1, 0.15) is 27.7 Å². The van der Waals surface area contributed by atoms with Crippen molar-refractivity contribution in [2.24, 2.45) is 0 Å². The van der Waals surface area contributed by atoms with Crippen molar-refractivity contribution in [3.05, 3.63) is 0 Å². The van der Waals surface area contributed by atoms with Crippen molar-refractivity contribution < 1.29 is 24.2 Å². The molecule has 2 atom stereocenters. The monoisotopic (exact) mass is 233 g/mol. The average Bonchev–Trinajstić information content (AvgIpc) is 2.09. The predicted molar refractivity (Wildman–Crippen MR) is 57.3 cm³/mol. The van der Waals surface area contributed by atoms with E-state index in [1.54, 1.807) is 27.7 Å². The van der Waals surface area contributed by atoms with E-state index in [1.165, 1.54) is 7.11 Å². The Morgan fingerprint density at radius 1 is 1.31 bits per heavy atom. The molecule has 0 aromatic carbocycles. The molecule has 0 bridgehead atoms. The van der Waals surface area contributed by atoms with Gasteiger partial charge in [0.15, 0.2) is 6.04 Å². The van der Waals surface area contributed by atoms with Gasteiger partial charge in [0.25, 0.3) is 0 Å². The molecule has 94 valence electrons. The number of amides is 1. The fraction of sp³-hybridized carbons (Fsp3) is 0.800. The number of carboxylic acids is 1. The summed E-state index contributed by atoms with van der Waals surface area (Å²) >= 11 is 0. The van der Waals surface area contributed by atoms with Crippen LogP contribution < -0.4 is 5.32 Å². The van der Waals surface area contributed by atoms with Crippen LogP contribution in [0.15, 0.2) is 0 Å². The predicted octanol–water partition coefficient (Wildman–Crippen LogP) is 0.999. The Kier molecular flexibility index (Phi) is 5.23. The Morgan fingerprint density at radius 2 is 1.81 bits per heavy atom. The summed E-state index contributed by atoms with van der Waals surface area (Å²) in [4.78, 5) is 22.2. The number of carboxylic acid groups (broad SMARTS) is 1. The maximum absolute atomic E-state index is 11.3. The highest BCUT2D eigenvalue weighted by Gasteiger charge is 2.28. The van der Waals surface area contributed by atoms with Crippen molar-refractivity contribution in [1.82, 2.24) is 5.32 Å². The first-order valence-corrected chi connectivity index (χ1v) is 4.92. The van der Waals surface area contributed by atoms with Crippen LogP contribution in [0.2, 0.25) is 0 Å². The lowest BCUT2D eigenvalue weighted by molar-refractivity contribution is -0.142. The van der Waals surface area contributed by atoms with Gasteiger partial charge in [0.2, 0.25) is 0 Å². The number of hydrogen-bond acceptors (Lipinski definition) is 4. The van der Waals surface area contributed by atoms with E-state index in [2.05, 4.69) is 5.32 Å². The second-order valence-corrected chi connectivity index (χ2v) is 4.40. The van der Waals surface area contributed by atoms with Crippen LogP contribution in [-0.4, -0.2) is 42.0 Å². The van der Waals surface area contributed by atoms with Crippen LogP contribution in [0.4, 0.5) is 4.79 Å². The summed E-state index contributed by atoms with van der Waals surface area (Å²) in [7, 11) is 1.37. The van der Waals surface area contributed by atoms with Gasteiger partial charge in [0, 0.05) is 7.11 Å². The zero-order chi connectivity index (χ0) is 12.9. The van der Waals surface area contributed by atoms with E-state index in [0.29, 0.717) is 0 Å². The van der Waals surface area contributed by atoms with Crippen molar-refractivity contribution in [3.8, 4) is 0 Å². The van der Waals surface area contributed by atoms with Crippen LogP contribution in [0.25, 0.3) is 0 Å². The van der Waals surface area contributed by atoms with E-state index in [-0.39, 0.29) is 0 Å². The largest absolute Gasteiger partial charge is 0.480 e. The molecule has 2 N–H and O–H groups in total. The number of aliphatic carboxylic acids is 1. The molecular weight excluding hydrogens is 214 g/mol. The summed E-state index contributed by atoms with van der Waals surface area (Å²) in [5.41, 5.74) is -0.663. The van der Waals surface area contributed by atoms with Crippen molar-refractivity contribution in [2.45, 2.75) is 45.4 Å². The number of hydrogen-bond donors (Lipinski definition) is 2. The molecule has 0 spiro atoms. The van der Waals surface area contributed by atoms with Crippen LogP contribution in [0.3, 0.4) is 0 Å². The van der Waals surface area contributed by atoms with Gasteiger partial charge in [-0.15, -0.1) is 0 Å². The Morgan fingerprint density at radius 3 is 2.12 bits per heavy atom. The first-order chi connectivity index (χ1) is 7.17. The van der Waals surface area contributed by atoms with Gasteiger partial charge in [-0.25, -0.2) is 9.59 Å². The van der Waals surface area contributed by atoms with Crippen LogP contribution in [0.5, 0.6) is 0 Å².